The Hall–Kier alpha value is -2.28. The van der Waals surface area contributed by atoms with E-state index in [2.05, 4.69) is 0 Å². The lowest BCUT2D eigenvalue weighted by Crippen LogP contribution is -2.34. The largest absolute Gasteiger partial charge is 0.494 e. The fourth-order valence-electron chi connectivity index (χ4n) is 2.85. The number of amides is 2. The lowest BCUT2D eigenvalue weighted by molar-refractivity contribution is -0.137. The second kappa shape index (κ2) is 9.96. The van der Waals surface area contributed by atoms with Gasteiger partial charge >= 0.3 is 0 Å². The van der Waals surface area contributed by atoms with Crippen LogP contribution in [0.25, 0.3) is 5.57 Å². The SMILES string of the molecule is CCCOc1ccc(C2=C(Sc3ccc(Cl)cc3)C(=O)N(CCOC)C2=O)cc1. The van der Waals surface area contributed by atoms with Crippen molar-refractivity contribution in [3.05, 3.63) is 64.0 Å². The van der Waals surface area contributed by atoms with Gasteiger partial charge in [-0.25, -0.2) is 0 Å². The molecule has 0 saturated carbocycles. The van der Waals surface area contributed by atoms with Crippen molar-refractivity contribution in [3.8, 4) is 5.75 Å². The molecular formula is C22H22ClNO4S. The molecule has 0 aromatic heterocycles. The van der Waals surface area contributed by atoms with Gasteiger partial charge in [0.1, 0.15) is 5.75 Å². The number of hydrogen-bond acceptors (Lipinski definition) is 5. The van der Waals surface area contributed by atoms with E-state index in [4.69, 9.17) is 21.1 Å². The van der Waals surface area contributed by atoms with Gasteiger partial charge in [-0.1, -0.05) is 42.4 Å². The first-order valence-corrected chi connectivity index (χ1v) is 10.5. The van der Waals surface area contributed by atoms with E-state index in [1.165, 1.54) is 23.8 Å². The molecule has 7 heteroatoms. The summed E-state index contributed by atoms with van der Waals surface area (Å²) in [6.07, 6.45) is 0.913. The maximum absolute atomic E-state index is 13.1. The molecule has 1 aliphatic rings. The number of carbonyl (C=O) groups excluding carboxylic acids is 2. The van der Waals surface area contributed by atoms with Crippen LogP contribution in [0.5, 0.6) is 5.75 Å². The summed E-state index contributed by atoms with van der Waals surface area (Å²) in [5, 5.41) is 0.613. The van der Waals surface area contributed by atoms with Crippen molar-refractivity contribution in [2.45, 2.75) is 18.2 Å². The maximum atomic E-state index is 13.1. The molecule has 1 heterocycles. The van der Waals surface area contributed by atoms with Gasteiger partial charge in [-0.3, -0.25) is 14.5 Å². The molecule has 152 valence electrons. The highest BCUT2D eigenvalue weighted by molar-refractivity contribution is 8.04. The fraction of sp³-hybridized carbons (Fsp3) is 0.273. The molecule has 0 N–H and O–H groups in total. The predicted molar refractivity (Wildman–Crippen MR) is 115 cm³/mol. The Morgan fingerprint density at radius 3 is 2.28 bits per heavy atom. The zero-order valence-corrected chi connectivity index (χ0v) is 17.9. The fourth-order valence-corrected chi connectivity index (χ4v) is 3.99. The van der Waals surface area contributed by atoms with Crippen molar-refractivity contribution < 1.29 is 19.1 Å². The molecule has 0 atom stereocenters. The summed E-state index contributed by atoms with van der Waals surface area (Å²) in [7, 11) is 1.54. The number of carbonyl (C=O) groups is 2. The molecule has 0 saturated heterocycles. The van der Waals surface area contributed by atoms with Crippen molar-refractivity contribution in [2.75, 3.05) is 26.9 Å². The first-order chi connectivity index (χ1) is 14.0. The van der Waals surface area contributed by atoms with Crippen LogP contribution in [0.4, 0.5) is 0 Å². The Labute approximate surface area is 179 Å². The Kier molecular flexibility index (Phi) is 7.36. The molecule has 5 nitrogen and oxygen atoms in total. The van der Waals surface area contributed by atoms with Crippen LogP contribution in [0, 0.1) is 0 Å². The van der Waals surface area contributed by atoms with Gasteiger partial charge in [0.05, 0.1) is 30.2 Å². The van der Waals surface area contributed by atoms with Crippen molar-refractivity contribution >= 4 is 40.8 Å². The van der Waals surface area contributed by atoms with Gasteiger partial charge < -0.3 is 9.47 Å². The van der Waals surface area contributed by atoms with Gasteiger partial charge in [0, 0.05) is 17.0 Å². The molecule has 0 bridgehead atoms. The molecule has 0 unspecified atom stereocenters. The average molecular weight is 432 g/mol. The van der Waals surface area contributed by atoms with Crippen LogP contribution < -0.4 is 4.74 Å². The van der Waals surface area contributed by atoms with Gasteiger partial charge in [-0.2, -0.15) is 0 Å². The summed E-state index contributed by atoms with van der Waals surface area (Å²) in [6, 6.07) is 14.4. The first kappa shape index (κ1) is 21.4. The number of halogens is 1. The quantitative estimate of drug-likeness (QED) is 0.541. The average Bonchev–Trinajstić information content (AvgIpc) is 2.96. The third-order valence-electron chi connectivity index (χ3n) is 4.29. The standard InChI is InChI=1S/C22H22ClNO4S/c1-3-13-28-17-8-4-15(5-9-17)19-20(29-18-10-6-16(23)7-11-18)22(26)24(21(19)25)12-14-27-2/h4-11H,3,12-14H2,1-2H3. The summed E-state index contributed by atoms with van der Waals surface area (Å²) in [6.45, 7) is 3.16. The highest BCUT2D eigenvalue weighted by Gasteiger charge is 2.39. The van der Waals surface area contributed by atoms with Gasteiger partial charge in [0.15, 0.2) is 0 Å². The van der Waals surface area contributed by atoms with Gasteiger partial charge in [-0.05, 0) is 48.4 Å². The lowest BCUT2D eigenvalue weighted by Gasteiger charge is -2.14. The molecule has 29 heavy (non-hydrogen) atoms. The lowest BCUT2D eigenvalue weighted by atomic mass is 10.1. The number of benzene rings is 2. The van der Waals surface area contributed by atoms with E-state index >= 15 is 0 Å². The number of rotatable bonds is 9. The van der Waals surface area contributed by atoms with E-state index in [0.717, 1.165) is 17.1 Å². The molecule has 2 amide bonds. The van der Waals surface area contributed by atoms with Gasteiger partial charge in [-0.15, -0.1) is 0 Å². The minimum absolute atomic E-state index is 0.208. The topological polar surface area (TPSA) is 55.8 Å². The van der Waals surface area contributed by atoms with Crippen LogP contribution in [0.2, 0.25) is 5.02 Å². The number of thioether (sulfide) groups is 1. The molecule has 0 fully saturated rings. The van der Waals surface area contributed by atoms with Crippen LogP contribution >= 0.6 is 23.4 Å². The number of methoxy groups -OCH3 is 1. The van der Waals surface area contributed by atoms with E-state index in [0.29, 0.717) is 27.7 Å². The third kappa shape index (κ3) is 5.01. The number of nitrogens with zero attached hydrogens (tertiary/aromatic N) is 1. The molecule has 1 aliphatic heterocycles. The Balaban J connectivity index is 1.95. The third-order valence-corrected chi connectivity index (χ3v) is 5.64. The zero-order chi connectivity index (χ0) is 20.8. The van der Waals surface area contributed by atoms with Crippen LogP contribution in [0.15, 0.2) is 58.3 Å². The van der Waals surface area contributed by atoms with Crippen molar-refractivity contribution in [3.63, 3.8) is 0 Å². The number of hydrogen-bond donors (Lipinski definition) is 0. The Bertz CT molecular complexity index is 909. The molecule has 2 aromatic rings. The summed E-state index contributed by atoms with van der Waals surface area (Å²) in [5.74, 6) is 0.107. The molecule has 0 aliphatic carbocycles. The van der Waals surface area contributed by atoms with Crippen molar-refractivity contribution in [1.82, 2.24) is 4.90 Å². The smallest absolute Gasteiger partial charge is 0.268 e. The van der Waals surface area contributed by atoms with Crippen LogP contribution in [-0.4, -0.2) is 43.6 Å². The Morgan fingerprint density at radius 1 is 0.966 bits per heavy atom. The minimum Gasteiger partial charge on any atom is -0.494 e. The molecule has 0 spiro atoms. The van der Waals surface area contributed by atoms with E-state index in [1.807, 2.05) is 43.3 Å². The minimum atomic E-state index is -0.314. The Morgan fingerprint density at radius 2 is 1.66 bits per heavy atom. The van der Waals surface area contributed by atoms with E-state index in [-0.39, 0.29) is 25.0 Å². The molecule has 2 aromatic carbocycles. The van der Waals surface area contributed by atoms with E-state index in [1.54, 1.807) is 12.1 Å². The monoisotopic (exact) mass is 431 g/mol. The second-order valence-corrected chi connectivity index (χ2v) is 7.91. The highest BCUT2D eigenvalue weighted by Crippen LogP contribution is 2.40. The summed E-state index contributed by atoms with van der Waals surface area (Å²) < 4.78 is 10.7. The van der Waals surface area contributed by atoms with Crippen molar-refractivity contribution in [2.24, 2.45) is 0 Å². The predicted octanol–water partition coefficient (Wildman–Crippen LogP) is 4.65. The van der Waals surface area contributed by atoms with Crippen LogP contribution in [-0.2, 0) is 14.3 Å². The van der Waals surface area contributed by atoms with Crippen molar-refractivity contribution in [1.29, 1.82) is 0 Å². The summed E-state index contributed by atoms with van der Waals surface area (Å²) >= 11 is 7.23. The van der Waals surface area contributed by atoms with Gasteiger partial charge in [0.25, 0.3) is 11.8 Å². The number of imide groups is 1. The first-order valence-electron chi connectivity index (χ1n) is 9.31. The second-order valence-electron chi connectivity index (χ2n) is 6.39. The number of ether oxygens (including phenoxy) is 2. The summed E-state index contributed by atoms with van der Waals surface area (Å²) in [5.41, 5.74) is 1.08. The normalized spacial score (nSPS) is 14.1. The molecule has 0 radical (unpaired) electrons. The maximum Gasteiger partial charge on any atom is 0.268 e. The van der Waals surface area contributed by atoms with Gasteiger partial charge in [0.2, 0.25) is 0 Å². The van der Waals surface area contributed by atoms with Crippen LogP contribution in [0.1, 0.15) is 18.9 Å². The van der Waals surface area contributed by atoms with Crippen LogP contribution in [0.3, 0.4) is 0 Å². The summed E-state index contributed by atoms with van der Waals surface area (Å²) in [4.78, 5) is 28.5. The van der Waals surface area contributed by atoms with E-state index < -0.39 is 0 Å². The van der Waals surface area contributed by atoms with E-state index in [9.17, 15) is 9.59 Å². The zero-order valence-electron chi connectivity index (χ0n) is 16.3. The highest BCUT2D eigenvalue weighted by atomic mass is 35.5. The molecular weight excluding hydrogens is 410 g/mol. The molecule has 3 rings (SSSR count).